The lowest BCUT2D eigenvalue weighted by Gasteiger charge is -2.33. The Morgan fingerprint density at radius 1 is 1.36 bits per heavy atom. The van der Waals surface area contributed by atoms with Crippen LogP contribution >= 0.6 is 0 Å². The van der Waals surface area contributed by atoms with Crippen molar-refractivity contribution in [3.8, 4) is 0 Å². The Labute approximate surface area is 165 Å². The molecule has 8 heteroatoms. The molecule has 2 aromatic heterocycles. The SMILES string of the molecule is CCn1nccc1C(=O)N1CCCC(c2nc(C)ncc2COCCOC)C1. The number of rotatable bonds is 8. The van der Waals surface area contributed by atoms with Gasteiger partial charge in [0, 0.05) is 50.6 Å². The van der Waals surface area contributed by atoms with E-state index in [-0.39, 0.29) is 11.8 Å². The van der Waals surface area contributed by atoms with Crippen LogP contribution in [0.5, 0.6) is 0 Å². The largest absolute Gasteiger partial charge is 0.382 e. The third kappa shape index (κ3) is 4.74. The van der Waals surface area contributed by atoms with Crippen LogP contribution in [0, 0.1) is 6.92 Å². The Morgan fingerprint density at radius 2 is 2.21 bits per heavy atom. The van der Waals surface area contributed by atoms with Gasteiger partial charge in [0.15, 0.2) is 0 Å². The Bertz CT molecular complexity index is 792. The Kier molecular flexibility index (Phi) is 7.11. The molecule has 1 amide bonds. The number of hydrogen-bond acceptors (Lipinski definition) is 6. The third-order valence-corrected chi connectivity index (χ3v) is 5.04. The zero-order valence-electron chi connectivity index (χ0n) is 16.9. The number of aromatic nitrogens is 4. The van der Waals surface area contributed by atoms with Crippen LogP contribution in [-0.4, -0.2) is 64.0 Å². The molecule has 0 spiro atoms. The first-order valence-corrected chi connectivity index (χ1v) is 9.84. The van der Waals surface area contributed by atoms with Gasteiger partial charge in [-0.05, 0) is 32.8 Å². The molecule has 1 saturated heterocycles. The summed E-state index contributed by atoms with van der Waals surface area (Å²) in [5.41, 5.74) is 2.62. The lowest BCUT2D eigenvalue weighted by molar-refractivity contribution is 0.0601. The average molecular weight is 387 g/mol. The standard InChI is InChI=1S/C20H29N5O3/c1-4-25-18(7-8-22-25)20(26)24-9-5-6-16(13-24)19-17(12-21-15(2)23-19)14-28-11-10-27-3/h7-8,12,16H,4-6,9-11,13-14H2,1-3H3. The van der Waals surface area contributed by atoms with Crippen molar-refractivity contribution in [2.24, 2.45) is 0 Å². The van der Waals surface area contributed by atoms with Gasteiger partial charge in [-0.2, -0.15) is 5.10 Å². The number of piperidine rings is 1. The summed E-state index contributed by atoms with van der Waals surface area (Å²) < 4.78 is 12.5. The van der Waals surface area contributed by atoms with E-state index in [0.29, 0.717) is 38.6 Å². The molecule has 152 valence electrons. The van der Waals surface area contributed by atoms with Crippen LogP contribution in [0.4, 0.5) is 0 Å². The maximum atomic E-state index is 13.0. The van der Waals surface area contributed by atoms with E-state index in [1.807, 2.05) is 24.9 Å². The van der Waals surface area contributed by atoms with Gasteiger partial charge in [0.05, 0.1) is 25.5 Å². The van der Waals surface area contributed by atoms with Crippen LogP contribution < -0.4 is 0 Å². The molecule has 1 atom stereocenters. The zero-order valence-corrected chi connectivity index (χ0v) is 16.9. The highest BCUT2D eigenvalue weighted by Gasteiger charge is 2.29. The number of aryl methyl sites for hydroxylation is 2. The Morgan fingerprint density at radius 3 is 3.00 bits per heavy atom. The highest BCUT2D eigenvalue weighted by atomic mass is 16.5. The fraction of sp³-hybridized carbons (Fsp3) is 0.600. The first kappa shape index (κ1) is 20.4. The van der Waals surface area contributed by atoms with Gasteiger partial charge >= 0.3 is 0 Å². The fourth-order valence-corrected chi connectivity index (χ4v) is 3.61. The predicted octanol–water partition coefficient (Wildman–Crippen LogP) is 2.18. The van der Waals surface area contributed by atoms with Crippen molar-refractivity contribution < 1.29 is 14.3 Å². The molecule has 3 rings (SSSR count). The zero-order chi connectivity index (χ0) is 19.9. The number of hydrogen-bond donors (Lipinski definition) is 0. The molecule has 0 radical (unpaired) electrons. The van der Waals surface area contributed by atoms with Crippen LogP contribution in [-0.2, 0) is 22.6 Å². The first-order valence-electron chi connectivity index (χ1n) is 9.84. The molecule has 1 aliphatic heterocycles. The van der Waals surface area contributed by atoms with Crippen molar-refractivity contribution in [2.75, 3.05) is 33.4 Å². The van der Waals surface area contributed by atoms with Gasteiger partial charge in [0.2, 0.25) is 0 Å². The minimum atomic E-state index is 0.0349. The smallest absolute Gasteiger partial charge is 0.272 e. The molecule has 0 aromatic carbocycles. The molecule has 2 aromatic rings. The number of nitrogens with zero attached hydrogens (tertiary/aromatic N) is 5. The summed E-state index contributed by atoms with van der Waals surface area (Å²) in [6.07, 6.45) is 5.47. The summed E-state index contributed by atoms with van der Waals surface area (Å²) in [4.78, 5) is 24.0. The highest BCUT2D eigenvalue weighted by Crippen LogP contribution is 2.29. The molecule has 3 heterocycles. The van der Waals surface area contributed by atoms with Crippen molar-refractivity contribution in [3.63, 3.8) is 0 Å². The summed E-state index contributed by atoms with van der Waals surface area (Å²) in [5, 5.41) is 4.22. The number of amides is 1. The van der Waals surface area contributed by atoms with Gasteiger partial charge in [-0.25, -0.2) is 9.97 Å². The van der Waals surface area contributed by atoms with E-state index in [2.05, 4.69) is 10.1 Å². The van der Waals surface area contributed by atoms with E-state index in [0.717, 1.165) is 36.5 Å². The predicted molar refractivity (Wildman–Crippen MR) is 104 cm³/mol. The first-order chi connectivity index (χ1) is 13.6. The normalized spacial score (nSPS) is 17.1. The van der Waals surface area contributed by atoms with Gasteiger partial charge in [0.1, 0.15) is 11.5 Å². The maximum absolute atomic E-state index is 13.0. The van der Waals surface area contributed by atoms with Crippen molar-refractivity contribution in [3.05, 3.63) is 41.2 Å². The second-order valence-electron chi connectivity index (χ2n) is 7.00. The Hall–Kier alpha value is -2.32. The number of likely N-dealkylation sites (tertiary alicyclic amines) is 1. The minimum absolute atomic E-state index is 0.0349. The second kappa shape index (κ2) is 9.75. The van der Waals surface area contributed by atoms with E-state index in [1.54, 1.807) is 24.1 Å². The van der Waals surface area contributed by atoms with Crippen LogP contribution in [0.1, 0.15) is 53.3 Å². The lowest BCUT2D eigenvalue weighted by Crippen LogP contribution is -2.40. The molecule has 0 saturated carbocycles. The van der Waals surface area contributed by atoms with E-state index < -0.39 is 0 Å². The van der Waals surface area contributed by atoms with Crippen molar-refractivity contribution in [1.29, 1.82) is 0 Å². The monoisotopic (exact) mass is 387 g/mol. The van der Waals surface area contributed by atoms with E-state index in [1.165, 1.54) is 0 Å². The minimum Gasteiger partial charge on any atom is -0.382 e. The molecule has 1 unspecified atom stereocenters. The summed E-state index contributed by atoms with van der Waals surface area (Å²) in [6.45, 7) is 7.50. The summed E-state index contributed by atoms with van der Waals surface area (Å²) in [5.74, 6) is 0.953. The van der Waals surface area contributed by atoms with E-state index in [9.17, 15) is 4.79 Å². The van der Waals surface area contributed by atoms with Gasteiger partial charge in [-0.1, -0.05) is 0 Å². The van der Waals surface area contributed by atoms with Crippen LogP contribution in [0.2, 0.25) is 0 Å². The van der Waals surface area contributed by atoms with E-state index >= 15 is 0 Å². The van der Waals surface area contributed by atoms with Gasteiger partial charge < -0.3 is 14.4 Å². The van der Waals surface area contributed by atoms with Crippen LogP contribution in [0.3, 0.4) is 0 Å². The quantitative estimate of drug-likeness (QED) is 0.646. The molecule has 1 aliphatic rings. The molecule has 0 aliphatic carbocycles. The van der Waals surface area contributed by atoms with Crippen molar-refractivity contribution >= 4 is 5.91 Å². The fourth-order valence-electron chi connectivity index (χ4n) is 3.61. The number of carbonyl (C=O) groups excluding carboxylic acids is 1. The van der Waals surface area contributed by atoms with Crippen molar-refractivity contribution in [2.45, 2.75) is 45.8 Å². The summed E-state index contributed by atoms with van der Waals surface area (Å²) in [7, 11) is 1.65. The van der Waals surface area contributed by atoms with Crippen LogP contribution in [0.15, 0.2) is 18.5 Å². The van der Waals surface area contributed by atoms with Crippen molar-refractivity contribution in [1.82, 2.24) is 24.6 Å². The lowest BCUT2D eigenvalue weighted by atomic mass is 9.92. The number of methoxy groups -OCH3 is 1. The summed E-state index contributed by atoms with van der Waals surface area (Å²) in [6, 6.07) is 1.79. The maximum Gasteiger partial charge on any atom is 0.272 e. The molecular weight excluding hydrogens is 358 g/mol. The molecule has 28 heavy (non-hydrogen) atoms. The van der Waals surface area contributed by atoms with E-state index in [4.69, 9.17) is 14.5 Å². The average Bonchev–Trinajstić information content (AvgIpc) is 3.20. The molecule has 1 fully saturated rings. The second-order valence-corrected chi connectivity index (χ2v) is 7.00. The third-order valence-electron chi connectivity index (χ3n) is 5.04. The number of carbonyl (C=O) groups is 1. The molecular formula is C20H29N5O3. The highest BCUT2D eigenvalue weighted by molar-refractivity contribution is 5.92. The van der Waals surface area contributed by atoms with Gasteiger partial charge in [-0.15, -0.1) is 0 Å². The topological polar surface area (TPSA) is 82.4 Å². The number of ether oxygens (including phenoxy) is 2. The molecule has 0 bridgehead atoms. The van der Waals surface area contributed by atoms with Gasteiger partial charge in [-0.3, -0.25) is 9.48 Å². The van der Waals surface area contributed by atoms with Crippen LogP contribution in [0.25, 0.3) is 0 Å². The molecule has 0 N–H and O–H groups in total. The summed E-state index contributed by atoms with van der Waals surface area (Å²) >= 11 is 0. The van der Waals surface area contributed by atoms with Gasteiger partial charge in [0.25, 0.3) is 5.91 Å². The molecule has 8 nitrogen and oxygen atoms in total. The Balaban J connectivity index is 1.74.